The van der Waals surface area contributed by atoms with Crippen molar-refractivity contribution in [2.45, 2.75) is 52.0 Å². The van der Waals surface area contributed by atoms with Crippen LogP contribution in [0.3, 0.4) is 0 Å². The van der Waals surface area contributed by atoms with Gasteiger partial charge in [0.25, 0.3) is 11.8 Å². The molecule has 0 saturated carbocycles. The zero-order valence-corrected chi connectivity index (χ0v) is 22.2. The van der Waals surface area contributed by atoms with Crippen LogP contribution >= 0.6 is 0 Å². The minimum atomic E-state index is -0.101. The van der Waals surface area contributed by atoms with Gasteiger partial charge in [0, 0.05) is 39.0 Å². The number of benzene rings is 3. The molecule has 196 valence electrons. The molecule has 5 nitrogen and oxygen atoms in total. The lowest BCUT2D eigenvalue weighted by molar-refractivity contribution is 0.0792. The summed E-state index contributed by atoms with van der Waals surface area (Å²) in [6, 6.07) is 22.4. The fourth-order valence-corrected chi connectivity index (χ4v) is 5.37. The molecule has 2 amide bonds. The van der Waals surface area contributed by atoms with Gasteiger partial charge in [0.15, 0.2) is 0 Å². The molecule has 0 spiro atoms. The Bertz CT molecular complexity index is 1430. The first kappa shape index (κ1) is 25.7. The van der Waals surface area contributed by atoms with E-state index in [1.54, 1.807) is 12.4 Å². The number of hydrogen-bond donors (Lipinski definition) is 1. The van der Waals surface area contributed by atoms with E-state index in [-0.39, 0.29) is 19.2 Å². The number of rotatable bonds is 8. The number of nitrogens with one attached hydrogen (secondary N) is 1. The third kappa shape index (κ3) is 5.62. The van der Waals surface area contributed by atoms with Crippen LogP contribution in [0.4, 0.5) is 0 Å². The molecule has 1 N–H and O–H groups in total. The van der Waals surface area contributed by atoms with Crippen molar-refractivity contribution >= 4 is 22.6 Å². The molecule has 1 aromatic heterocycles. The molecule has 1 aliphatic heterocycles. The standard InChI is InChI=1S/C33H35N3O2.H2/c1-23(2)29-19-26(13-12-24-9-4-3-5-10-24)30-20-27(33(38)36-17-6-7-18-36)14-15-28(30)31(29)32(37)35-22-25-11-8-16-34-21-25;/h3-5,8-11,14-16,19-21,23H,6-7,12-13,17-18,22H2,1-2H3,(H,35,37);1H. The van der Waals surface area contributed by atoms with Crippen molar-refractivity contribution in [3.8, 4) is 0 Å². The summed E-state index contributed by atoms with van der Waals surface area (Å²) in [5.74, 6) is 0.143. The number of aromatic nitrogens is 1. The predicted molar refractivity (Wildman–Crippen MR) is 155 cm³/mol. The number of amides is 2. The van der Waals surface area contributed by atoms with Crippen molar-refractivity contribution in [1.82, 2.24) is 15.2 Å². The summed E-state index contributed by atoms with van der Waals surface area (Å²) in [7, 11) is 0. The Balaban J connectivity index is 0.00000353. The SMILES string of the molecule is CC(C)c1cc(CCc2ccccc2)c2cc(C(=O)N3CCCC3)ccc2c1C(=O)NCc1cccnc1.[HH]. The summed E-state index contributed by atoms with van der Waals surface area (Å²) in [5, 5.41) is 5.00. The lowest BCUT2D eigenvalue weighted by Gasteiger charge is -2.21. The normalized spacial score (nSPS) is 13.3. The second-order valence-electron chi connectivity index (χ2n) is 10.4. The summed E-state index contributed by atoms with van der Waals surface area (Å²) in [6.07, 6.45) is 7.33. The summed E-state index contributed by atoms with van der Waals surface area (Å²) in [5.41, 5.74) is 5.82. The van der Waals surface area contributed by atoms with E-state index >= 15 is 0 Å². The van der Waals surface area contributed by atoms with E-state index in [4.69, 9.17) is 0 Å². The maximum atomic E-state index is 13.7. The molecule has 5 rings (SSSR count). The van der Waals surface area contributed by atoms with E-state index in [0.29, 0.717) is 17.7 Å². The van der Waals surface area contributed by atoms with Crippen LogP contribution in [0.15, 0.2) is 79.1 Å². The zero-order chi connectivity index (χ0) is 26.5. The number of aryl methyl sites for hydroxylation is 2. The number of carbonyl (C=O) groups is 2. The van der Waals surface area contributed by atoms with Crippen molar-refractivity contribution in [1.29, 1.82) is 0 Å². The average Bonchev–Trinajstić information content (AvgIpc) is 3.50. The number of hydrogen-bond acceptors (Lipinski definition) is 3. The fraction of sp³-hybridized carbons (Fsp3) is 0.303. The van der Waals surface area contributed by atoms with E-state index in [1.807, 2.05) is 41.3 Å². The van der Waals surface area contributed by atoms with Crippen LogP contribution in [-0.2, 0) is 19.4 Å². The molecule has 0 atom stereocenters. The molecule has 0 bridgehead atoms. The van der Waals surface area contributed by atoms with Crippen molar-refractivity contribution in [3.63, 3.8) is 0 Å². The Kier molecular flexibility index (Phi) is 7.83. The van der Waals surface area contributed by atoms with Crippen LogP contribution in [0.5, 0.6) is 0 Å². The first-order valence-corrected chi connectivity index (χ1v) is 13.6. The third-order valence-electron chi connectivity index (χ3n) is 7.44. The van der Waals surface area contributed by atoms with Crippen LogP contribution in [0.1, 0.15) is 77.0 Å². The molecule has 1 saturated heterocycles. The molecule has 0 unspecified atom stereocenters. The topological polar surface area (TPSA) is 62.3 Å². The highest BCUT2D eigenvalue weighted by molar-refractivity contribution is 6.11. The van der Waals surface area contributed by atoms with E-state index in [0.717, 1.165) is 60.7 Å². The predicted octanol–water partition coefficient (Wildman–Crippen LogP) is 6.56. The highest BCUT2D eigenvalue weighted by atomic mass is 16.2. The quantitative estimate of drug-likeness (QED) is 0.294. The Morgan fingerprint density at radius 2 is 1.68 bits per heavy atom. The van der Waals surface area contributed by atoms with E-state index in [9.17, 15) is 9.59 Å². The molecule has 3 aromatic carbocycles. The van der Waals surface area contributed by atoms with E-state index in [2.05, 4.69) is 54.5 Å². The van der Waals surface area contributed by atoms with Crippen molar-refractivity contribution in [2.24, 2.45) is 0 Å². The Labute approximate surface area is 226 Å². The lowest BCUT2D eigenvalue weighted by atomic mass is 9.86. The smallest absolute Gasteiger partial charge is 0.253 e. The monoisotopic (exact) mass is 507 g/mol. The van der Waals surface area contributed by atoms with Gasteiger partial charge in [-0.1, -0.05) is 62.4 Å². The second-order valence-corrected chi connectivity index (χ2v) is 10.4. The van der Waals surface area contributed by atoms with Crippen LogP contribution in [0.2, 0.25) is 0 Å². The van der Waals surface area contributed by atoms with E-state index < -0.39 is 0 Å². The number of nitrogens with zero attached hydrogens (tertiary/aromatic N) is 2. The van der Waals surface area contributed by atoms with Crippen molar-refractivity contribution < 1.29 is 11.0 Å². The number of likely N-dealkylation sites (tertiary alicyclic amines) is 1. The number of pyridine rings is 1. The Morgan fingerprint density at radius 1 is 0.921 bits per heavy atom. The van der Waals surface area contributed by atoms with Gasteiger partial charge in [-0.2, -0.15) is 0 Å². The molecule has 1 fully saturated rings. The molecule has 38 heavy (non-hydrogen) atoms. The third-order valence-corrected chi connectivity index (χ3v) is 7.44. The summed E-state index contributed by atoms with van der Waals surface area (Å²) < 4.78 is 0. The fourth-order valence-electron chi connectivity index (χ4n) is 5.37. The Hall–Kier alpha value is -3.99. The van der Waals surface area contributed by atoms with Crippen LogP contribution < -0.4 is 5.32 Å². The van der Waals surface area contributed by atoms with Gasteiger partial charge < -0.3 is 10.2 Å². The highest BCUT2D eigenvalue weighted by Crippen LogP contribution is 2.33. The lowest BCUT2D eigenvalue weighted by Crippen LogP contribution is -2.27. The van der Waals surface area contributed by atoms with Gasteiger partial charge in [0.2, 0.25) is 0 Å². The molecule has 4 aromatic rings. The van der Waals surface area contributed by atoms with Crippen molar-refractivity contribution in [3.05, 3.63) is 113 Å². The van der Waals surface area contributed by atoms with Gasteiger partial charge in [-0.15, -0.1) is 0 Å². The Morgan fingerprint density at radius 3 is 2.39 bits per heavy atom. The highest BCUT2D eigenvalue weighted by Gasteiger charge is 2.23. The van der Waals surface area contributed by atoms with Gasteiger partial charge in [-0.05, 0) is 82.8 Å². The van der Waals surface area contributed by atoms with Crippen LogP contribution in [0.25, 0.3) is 10.8 Å². The maximum absolute atomic E-state index is 13.7. The van der Waals surface area contributed by atoms with Crippen molar-refractivity contribution in [2.75, 3.05) is 13.1 Å². The maximum Gasteiger partial charge on any atom is 0.253 e. The van der Waals surface area contributed by atoms with Gasteiger partial charge in [-0.3, -0.25) is 14.6 Å². The minimum Gasteiger partial charge on any atom is -0.348 e. The van der Waals surface area contributed by atoms with Crippen LogP contribution in [0, 0.1) is 0 Å². The van der Waals surface area contributed by atoms with Crippen LogP contribution in [-0.4, -0.2) is 34.8 Å². The van der Waals surface area contributed by atoms with Gasteiger partial charge in [0.05, 0.1) is 5.56 Å². The van der Waals surface area contributed by atoms with Gasteiger partial charge in [0.1, 0.15) is 0 Å². The molecule has 0 radical (unpaired) electrons. The average molecular weight is 508 g/mol. The molecular formula is C33H37N3O2. The minimum absolute atomic E-state index is 0. The molecule has 1 aliphatic rings. The second kappa shape index (κ2) is 11.6. The van der Waals surface area contributed by atoms with Gasteiger partial charge >= 0.3 is 0 Å². The number of carbonyl (C=O) groups excluding carboxylic acids is 2. The number of fused-ring (bicyclic) bond motifs is 1. The summed E-state index contributed by atoms with van der Waals surface area (Å²) in [6.45, 7) is 6.29. The molecule has 5 heteroatoms. The summed E-state index contributed by atoms with van der Waals surface area (Å²) in [4.78, 5) is 33.0. The van der Waals surface area contributed by atoms with Gasteiger partial charge in [-0.25, -0.2) is 0 Å². The van der Waals surface area contributed by atoms with E-state index in [1.165, 1.54) is 11.1 Å². The molecular weight excluding hydrogens is 470 g/mol. The first-order chi connectivity index (χ1) is 18.5. The zero-order valence-electron chi connectivity index (χ0n) is 22.2. The molecule has 2 heterocycles. The summed E-state index contributed by atoms with van der Waals surface area (Å²) >= 11 is 0. The molecule has 0 aliphatic carbocycles. The largest absolute Gasteiger partial charge is 0.348 e. The first-order valence-electron chi connectivity index (χ1n) is 13.6.